The van der Waals surface area contributed by atoms with Crippen molar-refractivity contribution >= 4 is 26.8 Å². The molecule has 0 unspecified atom stereocenters. The monoisotopic (exact) mass is 315 g/mol. The molecule has 0 radical (unpaired) electrons. The summed E-state index contributed by atoms with van der Waals surface area (Å²) in [5.74, 6) is 0. The lowest BCUT2D eigenvalue weighted by molar-refractivity contribution is 0.824. The molecule has 19 heavy (non-hydrogen) atoms. The molecule has 3 aromatic rings. The highest BCUT2D eigenvalue weighted by molar-refractivity contribution is 9.10. The van der Waals surface area contributed by atoms with E-state index in [0.29, 0.717) is 6.54 Å². The van der Waals surface area contributed by atoms with Gasteiger partial charge in [-0.2, -0.15) is 0 Å². The maximum absolute atomic E-state index is 5.83. The van der Waals surface area contributed by atoms with Gasteiger partial charge in [0.15, 0.2) is 0 Å². The number of nitrogens with two attached hydrogens (primary N) is 1. The molecule has 3 nitrogen and oxygen atoms in total. The number of nitrogens with zero attached hydrogens (tertiary/aromatic N) is 2. The molecule has 0 aliphatic carbocycles. The zero-order chi connectivity index (χ0) is 13.2. The number of hydrogen-bond donors (Lipinski definition) is 1. The van der Waals surface area contributed by atoms with Gasteiger partial charge in [0, 0.05) is 36.2 Å². The molecular weight excluding hydrogens is 302 g/mol. The van der Waals surface area contributed by atoms with Gasteiger partial charge in [0.2, 0.25) is 0 Å². The normalized spacial score (nSPS) is 11.1. The number of pyridine rings is 1. The minimum atomic E-state index is 0.554. The molecule has 0 amide bonds. The van der Waals surface area contributed by atoms with Gasteiger partial charge in [-0.1, -0.05) is 18.2 Å². The van der Waals surface area contributed by atoms with E-state index in [4.69, 9.17) is 5.73 Å². The van der Waals surface area contributed by atoms with Crippen molar-refractivity contribution in [2.75, 3.05) is 0 Å². The second-order valence-electron chi connectivity index (χ2n) is 4.51. The lowest BCUT2D eigenvalue weighted by atomic mass is 10.1. The Hall–Kier alpha value is -1.65. The van der Waals surface area contributed by atoms with Crippen LogP contribution in [0.4, 0.5) is 0 Å². The van der Waals surface area contributed by atoms with Crippen LogP contribution in [0.3, 0.4) is 0 Å². The zero-order valence-electron chi connectivity index (χ0n) is 10.4. The molecule has 0 atom stereocenters. The minimum absolute atomic E-state index is 0.554. The van der Waals surface area contributed by atoms with E-state index < -0.39 is 0 Å². The molecule has 2 N–H and O–H groups in total. The summed E-state index contributed by atoms with van der Waals surface area (Å²) in [6.07, 6.45) is 5.79. The lowest BCUT2D eigenvalue weighted by Gasteiger charge is -2.09. The van der Waals surface area contributed by atoms with Crippen LogP contribution in [0.1, 0.15) is 11.1 Å². The van der Waals surface area contributed by atoms with Gasteiger partial charge in [-0.25, -0.2) is 0 Å². The Labute approximate surface area is 120 Å². The highest BCUT2D eigenvalue weighted by atomic mass is 79.9. The van der Waals surface area contributed by atoms with Crippen molar-refractivity contribution in [3.05, 3.63) is 64.5 Å². The van der Waals surface area contributed by atoms with Crippen LogP contribution >= 0.6 is 15.9 Å². The van der Waals surface area contributed by atoms with Gasteiger partial charge in [-0.15, -0.1) is 0 Å². The third-order valence-corrected chi connectivity index (χ3v) is 3.64. The molecule has 96 valence electrons. The molecule has 2 aromatic heterocycles. The molecule has 0 bridgehead atoms. The largest absolute Gasteiger partial charge is 0.343 e. The second-order valence-corrected chi connectivity index (χ2v) is 5.43. The fourth-order valence-corrected chi connectivity index (χ4v) is 2.79. The Kier molecular flexibility index (Phi) is 3.36. The number of hydrogen-bond acceptors (Lipinski definition) is 2. The van der Waals surface area contributed by atoms with Crippen molar-refractivity contribution in [3.63, 3.8) is 0 Å². The summed E-state index contributed by atoms with van der Waals surface area (Å²) in [4.78, 5) is 4.20. The van der Waals surface area contributed by atoms with Crippen LogP contribution in [0.25, 0.3) is 10.9 Å². The third kappa shape index (κ3) is 2.41. The maximum atomic E-state index is 5.83. The molecular formula is C15H14BrN3. The fraction of sp³-hybridized carbons (Fsp3) is 0.133. The van der Waals surface area contributed by atoms with Gasteiger partial charge in [0.25, 0.3) is 0 Å². The Morgan fingerprint density at radius 3 is 2.89 bits per heavy atom. The molecule has 2 heterocycles. The van der Waals surface area contributed by atoms with Crippen molar-refractivity contribution < 1.29 is 0 Å². The average molecular weight is 316 g/mol. The number of benzene rings is 1. The summed E-state index contributed by atoms with van der Waals surface area (Å²) in [5, 5.41) is 1.23. The summed E-state index contributed by atoms with van der Waals surface area (Å²) < 4.78 is 3.22. The quantitative estimate of drug-likeness (QED) is 0.806. The van der Waals surface area contributed by atoms with Crippen LogP contribution < -0.4 is 5.73 Å². The number of halogens is 1. The number of rotatable bonds is 3. The van der Waals surface area contributed by atoms with E-state index in [1.54, 1.807) is 6.20 Å². The van der Waals surface area contributed by atoms with Gasteiger partial charge in [-0.05, 0) is 44.6 Å². The van der Waals surface area contributed by atoms with Crippen LogP contribution in [0.2, 0.25) is 0 Å². The molecule has 3 rings (SSSR count). The lowest BCUT2D eigenvalue weighted by Crippen LogP contribution is -2.03. The van der Waals surface area contributed by atoms with Gasteiger partial charge >= 0.3 is 0 Å². The van der Waals surface area contributed by atoms with E-state index in [1.165, 1.54) is 22.0 Å². The van der Waals surface area contributed by atoms with Crippen LogP contribution in [-0.2, 0) is 13.1 Å². The average Bonchev–Trinajstić information content (AvgIpc) is 2.82. The van der Waals surface area contributed by atoms with Crippen molar-refractivity contribution in [3.8, 4) is 0 Å². The summed E-state index contributed by atoms with van der Waals surface area (Å²) in [5.41, 5.74) is 9.38. The van der Waals surface area contributed by atoms with Crippen LogP contribution in [0.5, 0.6) is 0 Å². The molecule has 0 aliphatic heterocycles. The van der Waals surface area contributed by atoms with E-state index in [0.717, 1.165) is 11.0 Å². The van der Waals surface area contributed by atoms with Crippen molar-refractivity contribution in [2.24, 2.45) is 5.73 Å². The first-order valence-electron chi connectivity index (χ1n) is 6.14. The Morgan fingerprint density at radius 2 is 2.11 bits per heavy atom. The molecule has 4 heteroatoms. The standard InChI is InChI=1S/C15H14BrN3/c16-14-6-11(8-18-9-14)10-19-5-4-12-2-1-3-13(7-17)15(12)19/h1-6,8-9H,7,10,17H2. The van der Waals surface area contributed by atoms with Gasteiger partial charge in [0.05, 0.1) is 5.52 Å². The van der Waals surface area contributed by atoms with E-state index in [2.05, 4.69) is 62.0 Å². The highest BCUT2D eigenvalue weighted by Gasteiger charge is 2.06. The van der Waals surface area contributed by atoms with Crippen molar-refractivity contribution in [1.82, 2.24) is 9.55 Å². The summed E-state index contributed by atoms with van der Waals surface area (Å²) >= 11 is 3.45. The number of aromatic nitrogens is 2. The van der Waals surface area contributed by atoms with Gasteiger partial charge in [0.1, 0.15) is 0 Å². The van der Waals surface area contributed by atoms with E-state index in [1.807, 2.05) is 6.20 Å². The first-order valence-corrected chi connectivity index (χ1v) is 6.93. The molecule has 0 saturated carbocycles. The second kappa shape index (κ2) is 5.15. The third-order valence-electron chi connectivity index (χ3n) is 3.21. The highest BCUT2D eigenvalue weighted by Crippen LogP contribution is 2.21. The first kappa shape index (κ1) is 12.4. The maximum Gasteiger partial charge on any atom is 0.0528 e. The first-order chi connectivity index (χ1) is 9.28. The summed E-state index contributed by atoms with van der Waals surface area (Å²) in [6.45, 7) is 1.35. The Balaban J connectivity index is 2.06. The van der Waals surface area contributed by atoms with Gasteiger partial charge < -0.3 is 10.3 Å². The zero-order valence-corrected chi connectivity index (χ0v) is 12.0. The number of para-hydroxylation sites is 1. The Bertz CT molecular complexity index is 718. The van der Waals surface area contributed by atoms with Crippen molar-refractivity contribution in [2.45, 2.75) is 13.1 Å². The van der Waals surface area contributed by atoms with Crippen LogP contribution in [0.15, 0.2) is 53.4 Å². The topological polar surface area (TPSA) is 43.8 Å². The molecule has 0 saturated heterocycles. The summed E-state index contributed by atoms with van der Waals surface area (Å²) in [7, 11) is 0. The number of fused-ring (bicyclic) bond motifs is 1. The fourth-order valence-electron chi connectivity index (χ4n) is 2.38. The predicted molar refractivity (Wildman–Crippen MR) is 80.9 cm³/mol. The Morgan fingerprint density at radius 1 is 1.21 bits per heavy atom. The van der Waals surface area contributed by atoms with Crippen molar-refractivity contribution in [1.29, 1.82) is 0 Å². The van der Waals surface area contributed by atoms with Gasteiger partial charge in [-0.3, -0.25) is 4.98 Å². The molecule has 0 aliphatic rings. The van der Waals surface area contributed by atoms with Crippen LogP contribution in [-0.4, -0.2) is 9.55 Å². The SMILES string of the molecule is NCc1cccc2ccn(Cc3cncc(Br)c3)c12. The predicted octanol–water partition coefficient (Wildman–Crippen LogP) is 3.31. The summed E-state index contributed by atoms with van der Waals surface area (Å²) in [6, 6.07) is 10.5. The minimum Gasteiger partial charge on any atom is -0.343 e. The van der Waals surface area contributed by atoms with E-state index >= 15 is 0 Å². The molecule has 1 aromatic carbocycles. The smallest absolute Gasteiger partial charge is 0.0528 e. The van der Waals surface area contributed by atoms with E-state index in [-0.39, 0.29) is 0 Å². The molecule has 0 spiro atoms. The van der Waals surface area contributed by atoms with Crippen LogP contribution in [0, 0.1) is 0 Å². The van der Waals surface area contributed by atoms with E-state index in [9.17, 15) is 0 Å². The molecule has 0 fully saturated rings.